The fraction of sp³-hybridized carbons (Fsp3) is 0.480. The van der Waals surface area contributed by atoms with E-state index in [4.69, 9.17) is 18.2 Å². The number of piperidine rings is 1. The van der Waals surface area contributed by atoms with Gasteiger partial charge in [-0.15, -0.1) is 0 Å². The Morgan fingerprint density at radius 2 is 1.91 bits per heavy atom. The van der Waals surface area contributed by atoms with Crippen molar-refractivity contribution >= 4 is 38.9 Å². The number of rotatable bonds is 5. The Balaban J connectivity index is 1.34. The molecule has 0 unspecified atom stereocenters. The summed E-state index contributed by atoms with van der Waals surface area (Å²) in [4.78, 5) is 11.0. The lowest BCUT2D eigenvalue weighted by Gasteiger charge is -2.48. The first-order chi connectivity index (χ1) is 15.5. The van der Waals surface area contributed by atoms with Gasteiger partial charge in [0.15, 0.2) is 5.69 Å². The summed E-state index contributed by atoms with van der Waals surface area (Å²) in [5.41, 5.74) is 2.56. The van der Waals surface area contributed by atoms with Crippen molar-refractivity contribution in [1.29, 1.82) is 0 Å². The van der Waals surface area contributed by atoms with Crippen LogP contribution < -0.4 is 4.90 Å². The molecule has 0 N–H and O–H groups in total. The smallest absolute Gasteiger partial charge is 0.188 e. The minimum atomic E-state index is -0.211. The van der Waals surface area contributed by atoms with Crippen LogP contribution in [0.25, 0.3) is 4.85 Å². The topological polar surface area (TPSA) is 14.1 Å². The van der Waals surface area contributed by atoms with Crippen LogP contribution in [-0.2, 0) is 6.54 Å². The molecular formula is C25H29BrClFN4. The van der Waals surface area contributed by atoms with Crippen molar-refractivity contribution in [2.24, 2.45) is 0 Å². The molecule has 2 heterocycles. The van der Waals surface area contributed by atoms with Gasteiger partial charge in [-0.05, 0) is 72.5 Å². The lowest BCUT2D eigenvalue weighted by molar-refractivity contribution is 0.0609. The Labute approximate surface area is 203 Å². The van der Waals surface area contributed by atoms with Gasteiger partial charge in [0, 0.05) is 59.0 Å². The second-order valence-electron chi connectivity index (χ2n) is 8.74. The highest BCUT2D eigenvalue weighted by atomic mass is 79.9. The van der Waals surface area contributed by atoms with Gasteiger partial charge in [0.25, 0.3) is 0 Å². The van der Waals surface area contributed by atoms with Gasteiger partial charge < -0.3 is 4.90 Å². The third-order valence-electron chi connectivity index (χ3n) is 6.84. The first-order valence-electron chi connectivity index (χ1n) is 11.3. The summed E-state index contributed by atoms with van der Waals surface area (Å²) < 4.78 is 15.2. The molecule has 4 rings (SSSR count). The van der Waals surface area contributed by atoms with E-state index in [2.05, 4.69) is 48.5 Å². The van der Waals surface area contributed by atoms with Crippen molar-refractivity contribution in [2.45, 2.75) is 44.8 Å². The quantitative estimate of drug-likeness (QED) is 0.427. The Bertz CT molecular complexity index is 986. The number of likely N-dealkylation sites (tertiary alicyclic amines) is 1. The highest BCUT2D eigenvalue weighted by molar-refractivity contribution is 9.10. The normalized spacial score (nSPS) is 21.0. The maximum Gasteiger partial charge on any atom is 0.188 e. The summed E-state index contributed by atoms with van der Waals surface area (Å²) >= 11 is 9.55. The molecule has 32 heavy (non-hydrogen) atoms. The van der Waals surface area contributed by atoms with Crippen LogP contribution in [0.4, 0.5) is 15.8 Å². The van der Waals surface area contributed by atoms with Gasteiger partial charge in [0.2, 0.25) is 0 Å². The SMILES string of the molecule is [C-]#[N+]c1ccc(N2CCN(C3CCN(Cc4ccc(Cl)cc4F)CC3)[C@@H](CC)C2)c(Br)c1. The Morgan fingerprint density at radius 3 is 2.56 bits per heavy atom. The van der Waals surface area contributed by atoms with Crippen LogP contribution in [0.5, 0.6) is 0 Å². The number of hydrogen-bond acceptors (Lipinski definition) is 3. The van der Waals surface area contributed by atoms with Crippen molar-refractivity contribution in [3.05, 3.63) is 68.7 Å². The summed E-state index contributed by atoms with van der Waals surface area (Å²) in [5.74, 6) is -0.211. The van der Waals surface area contributed by atoms with E-state index in [9.17, 15) is 4.39 Å². The van der Waals surface area contributed by atoms with Crippen molar-refractivity contribution in [3.63, 3.8) is 0 Å². The van der Waals surface area contributed by atoms with Crippen LogP contribution in [0, 0.1) is 12.4 Å². The predicted molar refractivity (Wildman–Crippen MR) is 133 cm³/mol. The fourth-order valence-electron chi connectivity index (χ4n) is 5.05. The minimum absolute atomic E-state index is 0.211. The van der Waals surface area contributed by atoms with Gasteiger partial charge in [-0.1, -0.05) is 30.7 Å². The molecule has 0 radical (unpaired) electrons. The zero-order chi connectivity index (χ0) is 22.7. The maximum absolute atomic E-state index is 14.2. The van der Waals surface area contributed by atoms with E-state index in [-0.39, 0.29) is 5.82 Å². The maximum atomic E-state index is 14.2. The molecule has 0 spiro atoms. The van der Waals surface area contributed by atoms with E-state index >= 15 is 0 Å². The van der Waals surface area contributed by atoms with E-state index in [1.165, 1.54) is 11.8 Å². The fourth-order valence-corrected chi connectivity index (χ4v) is 5.83. The molecule has 170 valence electrons. The number of halogens is 3. The molecule has 0 saturated carbocycles. The minimum Gasteiger partial charge on any atom is -0.368 e. The van der Waals surface area contributed by atoms with Crippen LogP contribution in [0.2, 0.25) is 5.02 Å². The average molecular weight is 520 g/mol. The van der Waals surface area contributed by atoms with Crippen molar-refractivity contribution in [1.82, 2.24) is 9.80 Å². The lowest BCUT2D eigenvalue weighted by Crippen LogP contribution is -2.58. The molecule has 7 heteroatoms. The second-order valence-corrected chi connectivity index (χ2v) is 10.0. The molecule has 4 nitrogen and oxygen atoms in total. The van der Waals surface area contributed by atoms with Gasteiger partial charge in [-0.3, -0.25) is 9.80 Å². The third-order valence-corrected chi connectivity index (χ3v) is 7.71. The molecule has 2 aromatic carbocycles. The van der Waals surface area contributed by atoms with E-state index in [0.717, 1.165) is 62.0 Å². The molecule has 1 atom stereocenters. The summed E-state index contributed by atoms with van der Waals surface area (Å²) in [5, 5.41) is 0.448. The molecule has 2 saturated heterocycles. The molecule has 0 amide bonds. The van der Waals surface area contributed by atoms with E-state index in [1.807, 2.05) is 12.1 Å². The van der Waals surface area contributed by atoms with E-state index in [1.54, 1.807) is 12.1 Å². The van der Waals surface area contributed by atoms with E-state index < -0.39 is 0 Å². The van der Waals surface area contributed by atoms with Gasteiger partial charge in [0.1, 0.15) is 5.82 Å². The van der Waals surface area contributed by atoms with Gasteiger partial charge >= 0.3 is 0 Å². The van der Waals surface area contributed by atoms with Crippen LogP contribution in [-0.4, -0.2) is 54.6 Å². The Morgan fingerprint density at radius 1 is 1.12 bits per heavy atom. The zero-order valence-corrected chi connectivity index (χ0v) is 20.7. The van der Waals surface area contributed by atoms with Gasteiger partial charge in [0.05, 0.1) is 6.57 Å². The summed E-state index contributed by atoms with van der Waals surface area (Å²) in [6, 6.07) is 12.0. The largest absolute Gasteiger partial charge is 0.368 e. The van der Waals surface area contributed by atoms with Crippen LogP contribution >= 0.6 is 27.5 Å². The second kappa shape index (κ2) is 10.5. The van der Waals surface area contributed by atoms with E-state index in [0.29, 0.717) is 29.3 Å². The third kappa shape index (κ3) is 5.28. The van der Waals surface area contributed by atoms with Crippen molar-refractivity contribution < 1.29 is 4.39 Å². The number of nitrogens with zero attached hydrogens (tertiary/aromatic N) is 4. The summed E-state index contributed by atoms with van der Waals surface area (Å²) in [7, 11) is 0. The highest BCUT2D eigenvalue weighted by Crippen LogP contribution is 2.33. The molecule has 2 aliphatic heterocycles. The molecule has 0 aliphatic carbocycles. The highest BCUT2D eigenvalue weighted by Gasteiger charge is 2.33. The molecule has 0 bridgehead atoms. The number of hydrogen-bond donors (Lipinski definition) is 0. The first-order valence-corrected chi connectivity index (χ1v) is 12.5. The Kier molecular flexibility index (Phi) is 7.73. The number of piperazine rings is 1. The van der Waals surface area contributed by atoms with Gasteiger partial charge in [-0.2, -0.15) is 0 Å². The van der Waals surface area contributed by atoms with Crippen LogP contribution in [0.3, 0.4) is 0 Å². The number of benzene rings is 2. The number of anilines is 1. The molecule has 0 aromatic heterocycles. The van der Waals surface area contributed by atoms with Gasteiger partial charge in [-0.25, -0.2) is 9.24 Å². The zero-order valence-electron chi connectivity index (χ0n) is 18.4. The molecular weight excluding hydrogens is 491 g/mol. The van der Waals surface area contributed by atoms with Crippen molar-refractivity contribution in [3.8, 4) is 0 Å². The summed E-state index contributed by atoms with van der Waals surface area (Å²) in [6.45, 7) is 15.2. The molecule has 2 aromatic rings. The van der Waals surface area contributed by atoms with Crippen molar-refractivity contribution in [2.75, 3.05) is 37.6 Å². The van der Waals surface area contributed by atoms with Crippen LogP contribution in [0.1, 0.15) is 31.7 Å². The lowest BCUT2D eigenvalue weighted by atomic mass is 9.97. The average Bonchev–Trinajstić information content (AvgIpc) is 2.81. The Hall–Kier alpha value is -1.65. The predicted octanol–water partition coefficient (Wildman–Crippen LogP) is 6.36. The molecule has 2 aliphatic rings. The first kappa shape index (κ1) is 23.5. The molecule has 2 fully saturated rings. The standard InChI is InChI=1S/C25H29BrClFN4/c1-3-21-17-31(25-7-6-20(29-2)15-23(25)26)12-13-32(21)22-8-10-30(11-9-22)16-18-4-5-19(27)14-24(18)28/h4-7,14-15,21-22H,3,8-13,16-17H2,1H3/t21-/m0/s1. The monoisotopic (exact) mass is 518 g/mol. The van der Waals surface area contributed by atoms with Crippen LogP contribution in [0.15, 0.2) is 40.9 Å². The summed E-state index contributed by atoms with van der Waals surface area (Å²) in [6.07, 6.45) is 3.36.